The highest BCUT2D eigenvalue weighted by molar-refractivity contribution is 6.28. The number of nitrogens with zero attached hydrogens (tertiary/aromatic N) is 4. The zero-order valence-corrected chi connectivity index (χ0v) is 83.9. The molecule has 0 spiro atoms. The van der Waals surface area contributed by atoms with E-state index < -0.39 is 10.8 Å². The van der Waals surface area contributed by atoms with E-state index >= 15 is 0 Å². The van der Waals surface area contributed by atoms with Crippen LogP contribution in [0.25, 0.3) is 110 Å². The van der Waals surface area contributed by atoms with E-state index in [9.17, 15) is 0 Å². The van der Waals surface area contributed by atoms with E-state index in [0.29, 0.717) is 24.2 Å². The summed E-state index contributed by atoms with van der Waals surface area (Å²) in [5.41, 5.74) is 40.3. The third-order valence-electron chi connectivity index (χ3n) is 31.5. The number of furan rings is 4. The lowest BCUT2D eigenvalue weighted by Gasteiger charge is -2.36. The van der Waals surface area contributed by atoms with Crippen molar-refractivity contribution in [2.75, 3.05) is 19.6 Å². The maximum atomic E-state index is 8.14. The molecule has 0 saturated carbocycles. The molecule has 0 N–H and O–H groups in total. The minimum absolute atomic E-state index is 0.0382. The van der Waals surface area contributed by atoms with Gasteiger partial charge in [0.25, 0.3) is 0 Å². The Balaban J connectivity index is 0.674. The fraction of sp³-hybridized carbons (Fsp3) is 0.130. The average molecular weight is 1890 g/mol. The number of hydrogen-bond donors (Lipinski definition) is 0. The third-order valence-corrected chi connectivity index (χ3v) is 31.5. The van der Waals surface area contributed by atoms with Gasteiger partial charge in [-0.1, -0.05) is 346 Å². The summed E-state index contributed by atoms with van der Waals surface area (Å²) in [7, 11) is 0. The normalized spacial score (nSPS) is 13.2. The van der Waals surface area contributed by atoms with Gasteiger partial charge < -0.3 is 37.3 Å². The number of aryl methyl sites for hydroxylation is 4. The van der Waals surface area contributed by atoms with Crippen LogP contribution < -0.4 is 19.6 Å². The molecular formula is C138H110N4O4. The Labute approximate surface area is 852 Å². The molecule has 0 radical (unpaired) electrons. The van der Waals surface area contributed by atoms with Gasteiger partial charge >= 0.3 is 0 Å². The van der Waals surface area contributed by atoms with Gasteiger partial charge in [0, 0.05) is 89.3 Å². The van der Waals surface area contributed by atoms with Crippen LogP contribution in [0.1, 0.15) is 167 Å². The van der Waals surface area contributed by atoms with E-state index in [4.69, 9.17) is 17.7 Å². The summed E-state index contributed by atoms with van der Waals surface area (Å²) in [5.74, 6) is 1.02. The van der Waals surface area contributed by atoms with Crippen molar-refractivity contribution in [1.29, 1.82) is 0 Å². The van der Waals surface area contributed by atoms with Gasteiger partial charge in [-0.3, -0.25) is 0 Å². The highest BCUT2D eigenvalue weighted by atomic mass is 16.3. The zero-order chi connectivity index (χ0) is 98.6. The molecule has 8 heteroatoms. The molecule has 706 valence electrons. The van der Waals surface area contributed by atoms with Gasteiger partial charge in [0.15, 0.2) is 0 Å². The Kier molecular flexibility index (Phi) is 21.4. The molecule has 26 rings (SSSR count). The Morgan fingerprint density at radius 2 is 0.479 bits per heavy atom. The second kappa shape index (κ2) is 35.1. The number of rotatable bonds is 22. The molecule has 4 heterocycles. The SMILES string of the molecule is Cc1ccc(C)c(N(c2ccccc2)c2cc3c(c4oc5ccccc5c24)-c2c(cc(N(c4ccccc4)c4cc(C)ccc4C)c4c2oc2cc(CC(C)c5ccc(N(c6ccc(C(C)C)cc6)c6cc7c(c8oc9ccccc9c68)-c6c(cc(N(c8ccc(C(C)C)cc8)c8ccc(C(C)C)cc8)c8c6oc6ccccc68)C7(c6ccccc6)c6ccccc6)cc5)ccc24)C3(c2ccccc2)c2ccccc2)c1. The third kappa shape index (κ3) is 14.0. The summed E-state index contributed by atoms with van der Waals surface area (Å²) in [6.45, 7) is 24.9. The first kappa shape index (κ1) is 88.9. The summed E-state index contributed by atoms with van der Waals surface area (Å²) in [6, 6.07) is 161. The van der Waals surface area contributed by atoms with Crippen LogP contribution in [0.2, 0.25) is 0 Å². The molecule has 146 heavy (non-hydrogen) atoms. The van der Waals surface area contributed by atoms with Crippen molar-refractivity contribution in [3.05, 3.63) is 525 Å². The molecule has 2 aliphatic carbocycles. The van der Waals surface area contributed by atoms with E-state index in [-0.39, 0.29) is 5.92 Å². The van der Waals surface area contributed by atoms with Crippen LogP contribution >= 0.6 is 0 Å². The summed E-state index contributed by atoms with van der Waals surface area (Å²) in [5, 5.41) is 8.12. The van der Waals surface area contributed by atoms with Crippen LogP contribution in [0.4, 0.5) is 68.2 Å². The highest BCUT2D eigenvalue weighted by Gasteiger charge is 2.54. The number of fused-ring (bicyclic) bond motifs is 22. The number of benzene rings is 20. The van der Waals surface area contributed by atoms with Crippen molar-refractivity contribution < 1.29 is 17.7 Å². The van der Waals surface area contributed by atoms with E-state index in [1.807, 2.05) is 0 Å². The quantitative estimate of drug-likeness (QED) is 0.0665. The first-order valence-corrected chi connectivity index (χ1v) is 51.5. The lowest BCUT2D eigenvalue weighted by Crippen LogP contribution is -2.29. The summed E-state index contributed by atoms with van der Waals surface area (Å²) < 4.78 is 31.4. The molecule has 0 fully saturated rings. The fourth-order valence-electron chi connectivity index (χ4n) is 24.4. The molecular weight excluding hydrogens is 1780 g/mol. The van der Waals surface area contributed by atoms with Crippen LogP contribution in [0.5, 0.6) is 0 Å². The second-order valence-electron chi connectivity index (χ2n) is 41.3. The van der Waals surface area contributed by atoms with E-state index in [0.717, 1.165) is 245 Å². The zero-order valence-electron chi connectivity index (χ0n) is 83.9. The van der Waals surface area contributed by atoms with Crippen molar-refractivity contribution in [1.82, 2.24) is 0 Å². The first-order valence-electron chi connectivity index (χ1n) is 51.5. The number of anilines is 12. The molecule has 0 amide bonds. The van der Waals surface area contributed by atoms with Crippen molar-refractivity contribution in [3.63, 3.8) is 0 Å². The largest absolute Gasteiger partial charge is 0.455 e. The van der Waals surface area contributed by atoms with Crippen LogP contribution in [0, 0.1) is 27.7 Å². The maximum absolute atomic E-state index is 8.14. The smallest absolute Gasteiger partial charge is 0.145 e. The van der Waals surface area contributed by atoms with Crippen molar-refractivity contribution in [2.45, 2.75) is 117 Å². The monoisotopic (exact) mass is 1890 g/mol. The predicted octanol–water partition coefficient (Wildman–Crippen LogP) is 38.8. The lowest BCUT2D eigenvalue weighted by atomic mass is 9.67. The van der Waals surface area contributed by atoms with Crippen LogP contribution in [0.3, 0.4) is 0 Å². The molecule has 1 atom stereocenters. The minimum Gasteiger partial charge on any atom is -0.455 e. The van der Waals surface area contributed by atoms with E-state index in [1.165, 1.54) is 27.8 Å². The number of hydrogen-bond acceptors (Lipinski definition) is 8. The van der Waals surface area contributed by atoms with Gasteiger partial charge in [0.05, 0.1) is 55.1 Å². The van der Waals surface area contributed by atoms with Crippen molar-refractivity contribution in [2.24, 2.45) is 0 Å². The number of para-hydroxylation sites is 5. The molecule has 4 aromatic heterocycles. The summed E-state index contributed by atoms with van der Waals surface area (Å²) >= 11 is 0. The Hall–Kier alpha value is -17.2. The molecule has 2 aliphatic rings. The molecule has 20 aromatic carbocycles. The maximum Gasteiger partial charge on any atom is 0.145 e. The molecule has 24 aromatic rings. The van der Waals surface area contributed by atoms with E-state index in [1.54, 1.807) is 0 Å². The topological polar surface area (TPSA) is 65.5 Å². The highest BCUT2D eigenvalue weighted by Crippen LogP contribution is 2.68. The van der Waals surface area contributed by atoms with Crippen molar-refractivity contribution in [3.8, 4) is 22.3 Å². The van der Waals surface area contributed by atoms with Crippen molar-refractivity contribution >= 4 is 156 Å². The fourth-order valence-corrected chi connectivity index (χ4v) is 24.4. The van der Waals surface area contributed by atoms with Crippen LogP contribution in [0.15, 0.2) is 448 Å². The average Bonchev–Trinajstić information content (AvgIpc) is 1.50. The van der Waals surface area contributed by atoms with Gasteiger partial charge in [-0.05, 0) is 286 Å². The first-order chi connectivity index (χ1) is 71.5. The van der Waals surface area contributed by atoms with Gasteiger partial charge in [-0.2, -0.15) is 0 Å². The Bertz CT molecular complexity index is 9090. The molecule has 1 unspecified atom stereocenters. The summed E-state index contributed by atoms with van der Waals surface area (Å²) in [4.78, 5) is 9.97. The molecule has 0 aliphatic heterocycles. The minimum atomic E-state index is -0.989. The standard InChI is InChI=1S/C138H110N4O4/c1-84(2)93-59-67-103(68-60-93)139(104-69-61-94(62-70-104)85(3)4)117-80-111-129(133-125(117)107-48-30-33-51-121(107)143-133)130-112(137(111,97-36-18-12-19-37-97)98-38-20-13-21-39-98)81-118(126-108-49-31-34-52-122(108)144-134(126)130)140(105-71-63-95(64-72-105)86(5)6)106-73-65-96(66-74-106)91(11)78-92-58-75-110-124(79-92)146-136-128(110)120(142(102-46-28-17-29-47-102)116-77-88(8)55-57-90(116)10)83-114-132(136)131-113(138(114,99-40-22-14-23-41-99)100-42-24-15-25-43-100)82-119(127-109-50-32-35-53-123(109)145-135(127)131)141(101-44-26-16-27-45-101)115-76-87(7)54-56-89(115)9/h12-77,79-86,91H,78H2,1-11H3. The van der Waals surface area contributed by atoms with Gasteiger partial charge in [0.1, 0.15) is 44.7 Å². The van der Waals surface area contributed by atoms with Crippen LogP contribution in [-0.2, 0) is 17.3 Å². The Morgan fingerprint density at radius 1 is 0.219 bits per heavy atom. The molecule has 0 saturated heterocycles. The van der Waals surface area contributed by atoms with Gasteiger partial charge in [-0.15, -0.1) is 0 Å². The van der Waals surface area contributed by atoms with Gasteiger partial charge in [0.2, 0.25) is 0 Å². The molecule has 8 nitrogen and oxygen atoms in total. The summed E-state index contributed by atoms with van der Waals surface area (Å²) in [6.07, 6.45) is 0.714. The van der Waals surface area contributed by atoms with Gasteiger partial charge in [-0.25, -0.2) is 0 Å². The Morgan fingerprint density at radius 3 is 0.788 bits per heavy atom. The van der Waals surface area contributed by atoms with Crippen LogP contribution in [-0.4, -0.2) is 0 Å². The second-order valence-corrected chi connectivity index (χ2v) is 41.3. The predicted molar refractivity (Wildman–Crippen MR) is 609 cm³/mol. The lowest BCUT2D eigenvalue weighted by molar-refractivity contribution is 0.664. The molecule has 0 bridgehead atoms. The van der Waals surface area contributed by atoms with E-state index in [2.05, 4.69) is 526 Å².